The lowest BCUT2D eigenvalue weighted by Crippen LogP contribution is -2.50. The molecule has 1 aliphatic heterocycles. The van der Waals surface area contributed by atoms with Crippen molar-refractivity contribution in [2.75, 3.05) is 44.2 Å². The Labute approximate surface area is 188 Å². The van der Waals surface area contributed by atoms with E-state index < -0.39 is 22.4 Å². The van der Waals surface area contributed by atoms with E-state index in [1.54, 1.807) is 21.9 Å². The zero-order valence-corrected chi connectivity index (χ0v) is 18.0. The molecular formula is C22H24F4N4O3. The van der Waals surface area contributed by atoms with Gasteiger partial charge in [-0.2, -0.15) is 13.2 Å². The molecule has 1 aliphatic rings. The lowest BCUT2D eigenvalue weighted by Gasteiger charge is -2.36. The fourth-order valence-corrected chi connectivity index (χ4v) is 3.78. The van der Waals surface area contributed by atoms with Crippen LogP contribution < -0.4 is 4.90 Å². The number of benzene rings is 2. The molecule has 0 N–H and O–H groups in total. The molecule has 3 rings (SSSR count). The quantitative estimate of drug-likeness (QED) is 0.350. The molecule has 0 saturated carbocycles. The molecule has 7 nitrogen and oxygen atoms in total. The maximum absolute atomic E-state index is 13.4. The second kappa shape index (κ2) is 10.2. The molecule has 1 heterocycles. The highest BCUT2D eigenvalue weighted by Crippen LogP contribution is 2.36. The fourth-order valence-electron chi connectivity index (χ4n) is 3.78. The van der Waals surface area contributed by atoms with Crippen LogP contribution in [0.2, 0.25) is 0 Å². The van der Waals surface area contributed by atoms with Gasteiger partial charge in [0.25, 0.3) is 5.69 Å². The van der Waals surface area contributed by atoms with E-state index in [1.165, 1.54) is 12.1 Å². The molecular weight excluding hydrogens is 444 g/mol. The van der Waals surface area contributed by atoms with Crippen LogP contribution in [0.15, 0.2) is 42.5 Å². The van der Waals surface area contributed by atoms with Gasteiger partial charge in [-0.05, 0) is 36.8 Å². The first kappa shape index (κ1) is 24.4. The highest BCUT2D eigenvalue weighted by Gasteiger charge is 2.34. The monoisotopic (exact) mass is 468 g/mol. The average molecular weight is 468 g/mol. The first-order valence-corrected chi connectivity index (χ1v) is 10.4. The van der Waals surface area contributed by atoms with E-state index in [0.717, 1.165) is 12.1 Å². The molecule has 0 spiro atoms. The molecule has 2 aromatic rings. The van der Waals surface area contributed by atoms with E-state index in [-0.39, 0.29) is 30.5 Å². The summed E-state index contributed by atoms with van der Waals surface area (Å²) in [5.74, 6) is -0.500. The van der Waals surface area contributed by atoms with Crippen molar-refractivity contribution in [3.63, 3.8) is 0 Å². The molecule has 1 fully saturated rings. The fraction of sp³-hybridized carbons (Fsp3) is 0.409. The summed E-state index contributed by atoms with van der Waals surface area (Å²) in [5, 5.41) is 11.4. The van der Waals surface area contributed by atoms with Gasteiger partial charge in [0.05, 0.1) is 17.0 Å². The number of anilines is 1. The maximum Gasteiger partial charge on any atom is 0.416 e. The van der Waals surface area contributed by atoms with Gasteiger partial charge in [-0.25, -0.2) is 4.39 Å². The smallest absolute Gasteiger partial charge is 0.363 e. The van der Waals surface area contributed by atoms with E-state index in [9.17, 15) is 32.5 Å². The molecule has 1 saturated heterocycles. The van der Waals surface area contributed by atoms with Crippen molar-refractivity contribution in [3.8, 4) is 0 Å². The summed E-state index contributed by atoms with van der Waals surface area (Å²) in [4.78, 5) is 28.4. The Balaban J connectivity index is 1.61. The number of nitro benzene ring substituents is 1. The SMILES string of the molecule is CCN(Cc1cccc(F)c1)C(=O)CN1CCN(c2ccc(C(F)(F)F)cc2[N+](=O)[O-])CC1. The third kappa shape index (κ3) is 6.19. The van der Waals surface area contributed by atoms with E-state index >= 15 is 0 Å². The number of nitrogens with zero attached hydrogens (tertiary/aromatic N) is 4. The molecule has 33 heavy (non-hydrogen) atoms. The summed E-state index contributed by atoms with van der Waals surface area (Å²) in [5.41, 5.74) is -0.855. The minimum Gasteiger partial charge on any atom is -0.363 e. The van der Waals surface area contributed by atoms with Crippen molar-refractivity contribution in [1.82, 2.24) is 9.80 Å². The van der Waals surface area contributed by atoms with Crippen molar-refractivity contribution in [2.24, 2.45) is 0 Å². The number of hydrogen-bond acceptors (Lipinski definition) is 5. The van der Waals surface area contributed by atoms with Gasteiger partial charge in [0.1, 0.15) is 11.5 Å². The highest BCUT2D eigenvalue weighted by molar-refractivity contribution is 5.78. The van der Waals surface area contributed by atoms with Crippen molar-refractivity contribution >= 4 is 17.3 Å². The van der Waals surface area contributed by atoms with Crippen LogP contribution in [0.1, 0.15) is 18.1 Å². The first-order valence-electron chi connectivity index (χ1n) is 10.4. The second-order valence-corrected chi connectivity index (χ2v) is 7.76. The van der Waals surface area contributed by atoms with Gasteiger partial charge in [0, 0.05) is 45.3 Å². The normalized spacial score (nSPS) is 14.9. The zero-order chi connectivity index (χ0) is 24.2. The predicted molar refractivity (Wildman–Crippen MR) is 114 cm³/mol. The Morgan fingerprint density at radius 1 is 1.12 bits per heavy atom. The molecule has 0 aromatic heterocycles. The summed E-state index contributed by atoms with van der Waals surface area (Å²) in [6.45, 7) is 4.19. The van der Waals surface area contributed by atoms with Gasteiger partial charge in [0.2, 0.25) is 5.91 Å². The van der Waals surface area contributed by atoms with Crippen LogP contribution in [0.25, 0.3) is 0 Å². The molecule has 2 aromatic carbocycles. The van der Waals surface area contributed by atoms with Crippen LogP contribution in [-0.2, 0) is 17.5 Å². The molecule has 0 atom stereocenters. The van der Waals surface area contributed by atoms with Gasteiger partial charge in [-0.3, -0.25) is 19.8 Å². The lowest BCUT2D eigenvalue weighted by atomic mass is 10.1. The zero-order valence-electron chi connectivity index (χ0n) is 18.0. The molecule has 0 radical (unpaired) electrons. The van der Waals surface area contributed by atoms with Crippen LogP contribution in [0.5, 0.6) is 0 Å². The molecule has 0 aliphatic carbocycles. The third-order valence-electron chi connectivity index (χ3n) is 5.57. The van der Waals surface area contributed by atoms with E-state index in [4.69, 9.17) is 0 Å². The van der Waals surface area contributed by atoms with Crippen LogP contribution >= 0.6 is 0 Å². The van der Waals surface area contributed by atoms with Gasteiger partial charge in [-0.1, -0.05) is 12.1 Å². The Kier molecular flexibility index (Phi) is 7.52. The number of nitro groups is 1. The number of halogens is 4. The Morgan fingerprint density at radius 2 is 1.82 bits per heavy atom. The van der Waals surface area contributed by atoms with E-state index in [2.05, 4.69) is 0 Å². The standard InChI is InChI=1S/C22H24F4N4O3/c1-2-28(14-16-4-3-5-18(23)12-16)21(31)15-27-8-10-29(11-9-27)19-7-6-17(22(24,25)26)13-20(19)30(32)33/h3-7,12-13H,2,8-11,14-15H2,1H3. The number of likely N-dealkylation sites (N-methyl/N-ethyl adjacent to an activating group) is 1. The lowest BCUT2D eigenvalue weighted by molar-refractivity contribution is -0.384. The van der Waals surface area contributed by atoms with Crippen LogP contribution in [0, 0.1) is 15.9 Å². The predicted octanol–water partition coefficient (Wildman–Crippen LogP) is 3.92. The number of hydrogen-bond donors (Lipinski definition) is 0. The van der Waals surface area contributed by atoms with Gasteiger partial charge < -0.3 is 9.80 Å². The molecule has 11 heteroatoms. The summed E-state index contributed by atoms with van der Waals surface area (Å²) < 4.78 is 52.2. The van der Waals surface area contributed by atoms with Crippen molar-refractivity contribution in [2.45, 2.75) is 19.6 Å². The molecule has 0 bridgehead atoms. The summed E-state index contributed by atoms with van der Waals surface area (Å²) in [7, 11) is 0. The molecule has 0 unspecified atom stereocenters. The van der Waals surface area contributed by atoms with Gasteiger partial charge in [-0.15, -0.1) is 0 Å². The number of carbonyl (C=O) groups is 1. The van der Waals surface area contributed by atoms with E-state index in [0.29, 0.717) is 44.4 Å². The number of piperazine rings is 1. The van der Waals surface area contributed by atoms with Crippen molar-refractivity contribution < 1.29 is 27.3 Å². The Hall–Kier alpha value is -3.21. The number of rotatable bonds is 7. The second-order valence-electron chi connectivity index (χ2n) is 7.76. The van der Waals surface area contributed by atoms with Gasteiger partial charge in [0.15, 0.2) is 0 Å². The average Bonchev–Trinajstić information content (AvgIpc) is 2.77. The van der Waals surface area contributed by atoms with Crippen molar-refractivity contribution in [3.05, 3.63) is 69.5 Å². The third-order valence-corrected chi connectivity index (χ3v) is 5.57. The van der Waals surface area contributed by atoms with Crippen LogP contribution in [0.4, 0.5) is 28.9 Å². The molecule has 178 valence electrons. The first-order chi connectivity index (χ1) is 15.6. The summed E-state index contributed by atoms with van der Waals surface area (Å²) in [6, 6.07) is 8.56. The largest absolute Gasteiger partial charge is 0.416 e. The van der Waals surface area contributed by atoms with E-state index in [1.807, 2.05) is 11.8 Å². The highest BCUT2D eigenvalue weighted by atomic mass is 19.4. The van der Waals surface area contributed by atoms with Crippen molar-refractivity contribution in [1.29, 1.82) is 0 Å². The Morgan fingerprint density at radius 3 is 2.39 bits per heavy atom. The minimum absolute atomic E-state index is 0.125. The topological polar surface area (TPSA) is 69.9 Å². The summed E-state index contributed by atoms with van der Waals surface area (Å²) >= 11 is 0. The summed E-state index contributed by atoms with van der Waals surface area (Å²) in [6.07, 6.45) is -4.67. The minimum atomic E-state index is -4.67. The number of carbonyl (C=O) groups excluding carboxylic acids is 1. The van der Waals surface area contributed by atoms with Crippen LogP contribution in [-0.4, -0.2) is 59.9 Å². The molecule has 1 amide bonds. The Bertz CT molecular complexity index is 1010. The maximum atomic E-state index is 13.4. The number of amides is 1. The number of alkyl halides is 3. The van der Waals surface area contributed by atoms with Crippen LogP contribution in [0.3, 0.4) is 0 Å². The van der Waals surface area contributed by atoms with Gasteiger partial charge >= 0.3 is 6.18 Å².